The van der Waals surface area contributed by atoms with Gasteiger partial charge in [-0.1, -0.05) is 12.1 Å². The molecule has 0 saturated carbocycles. The van der Waals surface area contributed by atoms with Gasteiger partial charge in [-0.3, -0.25) is 9.69 Å². The number of likely N-dealkylation sites (tertiary alicyclic amines) is 1. The third-order valence-electron chi connectivity index (χ3n) is 3.86. The smallest absolute Gasteiger partial charge is 0.261 e. The Kier molecular flexibility index (Phi) is 5.06. The van der Waals surface area contributed by atoms with E-state index in [0.717, 1.165) is 24.5 Å². The monoisotopic (exact) mass is 320 g/mol. The van der Waals surface area contributed by atoms with Crippen LogP contribution in [0.25, 0.3) is 0 Å². The molecule has 0 aromatic carbocycles. The highest BCUT2D eigenvalue weighted by molar-refractivity contribution is 7.12. The third kappa shape index (κ3) is 4.15. The predicted molar refractivity (Wildman–Crippen MR) is 89.0 cm³/mol. The van der Waals surface area contributed by atoms with Crippen molar-refractivity contribution in [2.24, 2.45) is 5.92 Å². The van der Waals surface area contributed by atoms with Crippen molar-refractivity contribution in [2.45, 2.75) is 19.4 Å². The number of rotatable bonds is 5. The fourth-order valence-corrected chi connectivity index (χ4v) is 4.20. The number of carbonyl (C=O) groups excluding carboxylic acids is 1. The van der Waals surface area contributed by atoms with E-state index in [1.165, 1.54) is 35.6 Å². The van der Waals surface area contributed by atoms with Gasteiger partial charge in [0.1, 0.15) is 0 Å². The Bertz CT molecular complexity index is 551. The maximum atomic E-state index is 12.0. The Morgan fingerprint density at radius 2 is 2.14 bits per heavy atom. The van der Waals surface area contributed by atoms with Gasteiger partial charge in [0.25, 0.3) is 5.91 Å². The molecule has 0 aliphatic carbocycles. The van der Waals surface area contributed by atoms with Crippen LogP contribution in [0.2, 0.25) is 0 Å². The normalized spacial score (nSPS) is 19.5. The molecule has 3 rings (SSSR count). The number of amides is 1. The molecule has 1 fully saturated rings. The average molecular weight is 320 g/mol. The summed E-state index contributed by atoms with van der Waals surface area (Å²) in [6.45, 7) is 4.10. The molecule has 1 aliphatic heterocycles. The Labute approximate surface area is 133 Å². The van der Waals surface area contributed by atoms with E-state index in [1.807, 2.05) is 28.8 Å². The van der Waals surface area contributed by atoms with E-state index in [-0.39, 0.29) is 5.91 Å². The second-order valence-corrected chi connectivity index (χ2v) is 7.49. The largest absolute Gasteiger partial charge is 0.351 e. The molecule has 112 valence electrons. The van der Waals surface area contributed by atoms with Crippen LogP contribution in [-0.4, -0.2) is 30.4 Å². The predicted octanol–water partition coefficient (Wildman–Crippen LogP) is 3.45. The van der Waals surface area contributed by atoms with Gasteiger partial charge < -0.3 is 5.32 Å². The first-order valence-corrected chi connectivity index (χ1v) is 9.13. The van der Waals surface area contributed by atoms with Crippen molar-refractivity contribution in [2.75, 3.05) is 19.6 Å². The van der Waals surface area contributed by atoms with Crippen LogP contribution in [-0.2, 0) is 6.54 Å². The first kappa shape index (κ1) is 14.8. The van der Waals surface area contributed by atoms with Gasteiger partial charge in [0.05, 0.1) is 4.88 Å². The van der Waals surface area contributed by atoms with Crippen LogP contribution in [0.3, 0.4) is 0 Å². The van der Waals surface area contributed by atoms with Gasteiger partial charge in [0.15, 0.2) is 0 Å². The molecule has 1 aliphatic rings. The SMILES string of the molecule is O=C(NCC1CCCN(Cc2cccs2)C1)c1cccs1. The molecule has 5 heteroatoms. The minimum Gasteiger partial charge on any atom is -0.351 e. The van der Waals surface area contributed by atoms with Gasteiger partial charge in [-0.2, -0.15) is 0 Å². The zero-order valence-electron chi connectivity index (χ0n) is 12.0. The van der Waals surface area contributed by atoms with Gasteiger partial charge in [-0.05, 0) is 48.2 Å². The Hall–Kier alpha value is -1.17. The molecule has 2 aromatic rings. The number of nitrogens with one attached hydrogen (secondary N) is 1. The van der Waals surface area contributed by atoms with Crippen LogP contribution in [0.1, 0.15) is 27.4 Å². The van der Waals surface area contributed by atoms with Gasteiger partial charge >= 0.3 is 0 Å². The maximum Gasteiger partial charge on any atom is 0.261 e. The molecule has 1 saturated heterocycles. The highest BCUT2D eigenvalue weighted by Gasteiger charge is 2.21. The van der Waals surface area contributed by atoms with Gasteiger partial charge in [-0.15, -0.1) is 22.7 Å². The minimum atomic E-state index is 0.0698. The molecular formula is C16H20N2OS2. The summed E-state index contributed by atoms with van der Waals surface area (Å²) in [4.78, 5) is 16.7. The number of hydrogen-bond donors (Lipinski definition) is 1. The van der Waals surface area contributed by atoms with Gasteiger partial charge in [-0.25, -0.2) is 0 Å². The van der Waals surface area contributed by atoms with Crippen molar-refractivity contribution in [1.82, 2.24) is 10.2 Å². The Morgan fingerprint density at radius 1 is 1.29 bits per heavy atom. The first-order valence-electron chi connectivity index (χ1n) is 7.37. The van der Waals surface area contributed by atoms with Crippen LogP contribution >= 0.6 is 22.7 Å². The molecule has 21 heavy (non-hydrogen) atoms. The van der Waals surface area contributed by atoms with Gasteiger partial charge in [0.2, 0.25) is 0 Å². The summed E-state index contributed by atoms with van der Waals surface area (Å²) in [5.41, 5.74) is 0. The van der Waals surface area contributed by atoms with Crippen molar-refractivity contribution in [1.29, 1.82) is 0 Å². The van der Waals surface area contributed by atoms with E-state index >= 15 is 0 Å². The van der Waals surface area contributed by atoms with Crippen molar-refractivity contribution in [3.63, 3.8) is 0 Å². The molecular weight excluding hydrogens is 300 g/mol. The van der Waals surface area contributed by atoms with Crippen LogP contribution in [0.15, 0.2) is 35.0 Å². The molecule has 3 heterocycles. The van der Waals surface area contributed by atoms with Gasteiger partial charge in [0, 0.05) is 24.5 Å². The molecule has 1 unspecified atom stereocenters. The Morgan fingerprint density at radius 3 is 2.90 bits per heavy atom. The molecule has 1 N–H and O–H groups in total. The van der Waals surface area contributed by atoms with Crippen molar-refractivity contribution >= 4 is 28.6 Å². The molecule has 0 spiro atoms. The number of piperidine rings is 1. The van der Waals surface area contributed by atoms with E-state index in [1.54, 1.807) is 0 Å². The van der Waals surface area contributed by atoms with Crippen molar-refractivity contribution in [3.8, 4) is 0 Å². The average Bonchev–Trinajstić information content (AvgIpc) is 3.18. The van der Waals surface area contributed by atoms with Crippen molar-refractivity contribution in [3.05, 3.63) is 44.8 Å². The number of carbonyl (C=O) groups is 1. The number of nitrogens with zero attached hydrogens (tertiary/aromatic N) is 1. The summed E-state index contributed by atoms with van der Waals surface area (Å²) < 4.78 is 0. The lowest BCUT2D eigenvalue weighted by Crippen LogP contribution is -2.40. The highest BCUT2D eigenvalue weighted by atomic mass is 32.1. The molecule has 1 atom stereocenters. The highest BCUT2D eigenvalue weighted by Crippen LogP contribution is 2.20. The second-order valence-electron chi connectivity index (χ2n) is 5.51. The summed E-state index contributed by atoms with van der Waals surface area (Å²) in [6.07, 6.45) is 2.44. The van der Waals surface area contributed by atoms with Crippen LogP contribution in [0.4, 0.5) is 0 Å². The zero-order chi connectivity index (χ0) is 14.5. The summed E-state index contributed by atoms with van der Waals surface area (Å²) in [7, 11) is 0. The maximum absolute atomic E-state index is 12.0. The fraction of sp³-hybridized carbons (Fsp3) is 0.438. The lowest BCUT2D eigenvalue weighted by atomic mass is 9.98. The molecule has 0 bridgehead atoms. The van der Waals surface area contributed by atoms with Crippen molar-refractivity contribution < 1.29 is 4.79 Å². The summed E-state index contributed by atoms with van der Waals surface area (Å²) in [6, 6.07) is 8.11. The van der Waals surface area contributed by atoms with E-state index in [4.69, 9.17) is 0 Å². The molecule has 3 nitrogen and oxygen atoms in total. The summed E-state index contributed by atoms with van der Waals surface area (Å²) in [5.74, 6) is 0.642. The van der Waals surface area contributed by atoms with Crippen LogP contribution in [0.5, 0.6) is 0 Å². The molecule has 2 aromatic heterocycles. The fourth-order valence-electron chi connectivity index (χ4n) is 2.82. The summed E-state index contributed by atoms with van der Waals surface area (Å²) in [5, 5.41) is 7.16. The second kappa shape index (κ2) is 7.20. The quantitative estimate of drug-likeness (QED) is 0.915. The Balaban J connectivity index is 1.46. The lowest BCUT2D eigenvalue weighted by Gasteiger charge is -2.32. The van der Waals surface area contributed by atoms with Crippen LogP contribution in [0, 0.1) is 5.92 Å². The number of thiophene rings is 2. The van der Waals surface area contributed by atoms with E-state index in [9.17, 15) is 4.79 Å². The zero-order valence-corrected chi connectivity index (χ0v) is 13.6. The summed E-state index contributed by atoms with van der Waals surface area (Å²) >= 11 is 3.32. The van der Waals surface area contributed by atoms with E-state index in [2.05, 4.69) is 27.7 Å². The topological polar surface area (TPSA) is 32.3 Å². The number of hydrogen-bond acceptors (Lipinski definition) is 4. The molecule has 1 amide bonds. The first-order chi connectivity index (χ1) is 10.3. The lowest BCUT2D eigenvalue weighted by molar-refractivity contribution is 0.0935. The van der Waals surface area contributed by atoms with E-state index < -0.39 is 0 Å². The third-order valence-corrected chi connectivity index (χ3v) is 5.59. The molecule has 0 radical (unpaired) electrons. The standard InChI is InChI=1S/C16H20N2OS2/c19-16(15-6-3-9-21-15)17-10-13-4-1-7-18(11-13)12-14-5-2-8-20-14/h2-3,5-6,8-9,13H,1,4,7,10-12H2,(H,17,19). The van der Waals surface area contributed by atoms with Crippen LogP contribution < -0.4 is 5.32 Å². The van der Waals surface area contributed by atoms with E-state index in [0.29, 0.717) is 5.92 Å². The minimum absolute atomic E-state index is 0.0698.